The number of hydrogen-bond acceptors (Lipinski definition) is 4. The van der Waals surface area contributed by atoms with E-state index in [1.807, 2.05) is 37.3 Å². The molecule has 3 N–H and O–H groups in total. The Morgan fingerprint density at radius 2 is 2.11 bits per heavy atom. The maximum atomic E-state index is 11.5. The Morgan fingerprint density at radius 3 is 2.79 bits per heavy atom. The van der Waals surface area contributed by atoms with Gasteiger partial charge in [0.1, 0.15) is 10.0 Å². The summed E-state index contributed by atoms with van der Waals surface area (Å²) in [7, 11) is 0. The predicted molar refractivity (Wildman–Crippen MR) is 76.4 cm³/mol. The van der Waals surface area contributed by atoms with E-state index in [2.05, 4.69) is 15.6 Å². The normalized spacial score (nSPS) is 10.2. The highest BCUT2D eigenvalue weighted by Gasteiger charge is 2.11. The summed E-state index contributed by atoms with van der Waals surface area (Å²) < 4.78 is 0. The van der Waals surface area contributed by atoms with Gasteiger partial charge in [-0.05, 0) is 6.92 Å². The molecule has 0 saturated heterocycles. The van der Waals surface area contributed by atoms with Gasteiger partial charge in [0.15, 0.2) is 0 Å². The first-order valence-electron chi connectivity index (χ1n) is 5.89. The topological polar surface area (TPSA) is 74.2 Å². The lowest BCUT2D eigenvalue weighted by Crippen LogP contribution is -2.30. The average Bonchev–Trinajstić information content (AvgIpc) is 2.79. The van der Waals surface area contributed by atoms with Crippen LogP contribution in [0.1, 0.15) is 5.69 Å². The molecular weight excluding hydrogens is 262 g/mol. The van der Waals surface area contributed by atoms with Crippen molar-refractivity contribution in [3.05, 3.63) is 36.0 Å². The van der Waals surface area contributed by atoms with Gasteiger partial charge in [-0.15, -0.1) is 0 Å². The molecule has 0 spiro atoms. The zero-order chi connectivity index (χ0) is 13.7. The third-order valence-electron chi connectivity index (χ3n) is 2.44. The number of benzene rings is 1. The summed E-state index contributed by atoms with van der Waals surface area (Å²) in [6.45, 7) is 2.00. The number of aryl methyl sites for hydroxylation is 1. The highest BCUT2D eigenvalue weighted by Crippen LogP contribution is 2.31. The lowest BCUT2D eigenvalue weighted by Gasteiger charge is -2.03. The molecule has 19 heavy (non-hydrogen) atoms. The molecule has 2 amide bonds. The smallest absolute Gasteiger partial charge is 0.319 e. The van der Waals surface area contributed by atoms with E-state index in [1.54, 1.807) is 0 Å². The third kappa shape index (κ3) is 3.52. The molecule has 0 saturated carbocycles. The minimum absolute atomic E-state index is 0.0790. The van der Waals surface area contributed by atoms with E-state index in [1.165, 1.54) is 11.3 Å². The SMILES string of the molecule is Cc1nc(-c2ccccc2)sc1NC(=O)NCCO. The summed E-state index contributed by atoms with van der Waals surface area (Å²) >= 11 is 1.43. The van der Waals surface area contributed by atoms with Crippen LogP contribution in [-0.2, 0) is 0 Å². The quantitative estimate of drug-likeness (QED) is 0.802. The summed E-state index contributed by atoms with van der Waals surface area (Å²) in [5.74, 6) is 0. The number of thiazole rings is 1. The van der Waals surface area contributed by atoms with Crippen LogP contribution in [0.4, 0.5) is 9.80 Å². The largest absolute Gasteiger partial charge is 0.395 e. The molecule has 0 fully saturated rings. The second-order valence-electron chi connectivity index (χ2n) is 3.90. The van der Waals surface area contributed by atoms with E-state index in [-0.39, 0.29) is 19.2 Å². The van der Waals surface area contributed by atoms with Crippen LogP contribution in [0.2, 0.25) is 0 Å². The molecule has 0 aliphatic rings. The van der Waals surface area contributed by atoms with Gasteiger partial charge in [-0.25, -0.2) is 9.78 Å². The van der Waals surface area contributed by atoms with E-state index in [0.717, 1.165) is 16.3 Å². The van der Waals surface area contributed by atoms with Crippen molar-refractivity contribution in [3.8, 4) is 10.6 Å². The molecule has 2 rings (SSSR count). The number of nitrogens with zero attached hydrogens (tertiary/aromatic N) is 1. The van der Waals surface area contributed by atoms with Gasteiger partial charge >= 0.3 is 6.03 Å². The van der Waals surface area contributed by atoms with E-state index in [4.69, 9.17) is 5.11 Å². The van der Waals surface area contributed by atoms with E-state index >= 15 is 0 Å². The Morgan fingerprint density at radius 1 is 1.37 bits per heavy atom. The summed E-state index contributed by atoms with van der Waals surface area (Å²) in [4.78, 5) is 16.0. The summed E-state index contributed by atoms with van der Waals surface area (Å²) in [6, 6.07) is 9.48. The molecule has 0 aliphatic carbocycles. The number of nitrogens with one attached hydrogen (secondary N) is 2. The molecule has 0 atom stereocenters. The average molecular weight is 277 g/mol. The van der Waals surface area contributed by atoms with Gasteiger partial charge in [-0.1, -0.05) is 41.7 Å². The molecule has 1 aromatic heterocycles. The van der Waals surface area contributed by atoms with Gasteiger partial charge in [-0.2, -0.15) is 0 Å². The fourth-order valence-electron chi connectivity index (χ4n) is 1.53. The second kappa shape index (κ2) is 6.31. The molecule has 2 aromatic rings. The summed E-state index contributed by atoms with van der Waals surface area (Å²) in [5.41, 5.74) is 1.81. The van der Waals surface area contributed by atoms with Crippen LogP contribution in [0.3, 0.4) is 0 Å². The minimum atomic E-state index is -0.333. The third-order valence-corrected chi connectivity index (χ3v) is 3.56. The number of aromatic nitrogens is 1. The number of aliphatic hydroxyl groups excluding tert-OH is 1. The number of carbonyl (C=O) groups excluding carboxylic acids is 1. The van der Waals surface area contributed by atoms with E-state index in [9.17, 15) is 4.79 Å². The van der Waals surface area contributed by atoms with Crippen LogP contribution in [0.5, 0.6) is 0 Å². The lowest BCUT2D eigenvalue weighted by atomic mass is 10.2. The molecule has 0 aliphatic heterocycles. The zero-order valence-electron chi connectivity index (χ0n) is 10.5. The summed E-state index contributed by atoms with van der Waals surface area (Å²) in [5, 5.41) is 15.5. The number of aliphatic hydroxyl groups is 1. The number of rotatable bonds is 4. The predicted octanol–water partition coefficient (Wildman–Crippen LogP) is 2.23. The standard InChI is InChI=1S/C13H15N3O2S/c1-9-11(16-13(18)14-7-8-17)19-12(15-9)10-5-3-2-4-6-10/h2-6,17H,7-8H2,1H3,(H2,14,16,18). The van der Waals surface area contributed by atoms with Crippen LogP contribution in [-0.4, -0.2) is 29.3 Å². The van der Waals surface area contributed by atoms with Crippen molar-refractivity contribution in [2.75, 3.05) is 18.5 Å². The van der Waals surface area contributed by atoms with Crippen molar-refractivity contribution in [1.29, 1.82) is 0 Å². The van der Waals surface area contributed by atoms with Crippen molar-refractivity contribution < 1.29 is 9.90 Å². The molecule has 6 heteroatoms. The van der Waals surface area contributed by atoms with Gasteiger partial charge in [0.2, 0.25) is 0 Å². The molecule has 0 unspecified atom stereocenters. The first-order chi connectivity index (χ1) is 9.20. The molecule has 0 bridgehead atoms. The Balaban J connectivity index is 2.11. The number of anilines is 1. The van der Waals surface area contributed by atoms with Crippen molar-refractivity contribution in [2.24, 2.45) is 0 Å². The van der Waals surface area contributed by atoms with Crippen molar-refractivity contribution in [1.82, 2.24) is 10.3 Å². The fourth-order valence-corrected chi connectivity index (χ4v) is 2.50. The Hall–Kier alpha value is -1.92. The number of amides is 2. The van der Waals surface area contributed by atoms with E-state index < -0.39 is 0 Å². The second-order valence-corrected chi connectivity index (χ2v) is 4.90. The maximum absolute atomic E-state index is 11.5. The monoisotopic (exact) mass is 277 g/mol. The zero-order valence-corrected chi connectivity index (χ0v) is 11.3. The molecule has 100 valence electrons. The van der Waals surface area contributed by atoms with Crippen molar-refractivity contribution in [3.63, 3.8) is 0 Å². The molecule has 1 heterocycles. The lowest BCUT2D eigenvalue weighted by molar-refractivity contribution is 0.245. The van der Waals surface area contributed by atoms with E-state index in [0.29, 0.717) is 5.00 Å². The van der Waals surface area contributed by atoms with Gasteiger partial charge < -0.3 is 10.4 Å². The number of hydrogen-bond donors (Lipinski definition) is 3. The van der Waals surface area contributed by atoms with Gasteiger partial charge in [0, 0.05) is 12.1 Å². The van der Waals surface area contributed by atoms with Crippen LogP contribution < -0.4 is 10.6 Å². The minimum Gasteiger partial charge on any atom is -0.395 e. The van der Waals surface area contributed by atoms with Gasteiger partial charge in [0.05, 0.1) is 12.3 Å². The van der Waals surface area contributed by atoms with Gasteiger partial charge in [-0.3, -0.25) is 5.32 Å². The first kappa shape index (κ1) is 13.5. The highest BCUT2D eigenvalue weighted by molar-refractivity contribution is 7.19. The number of urea groups is 1. The van der Waals surface area contributed by atoms with Crippen LogP contribution in [0.15, 0.2) is 30.3 Å². The molecule has 1 aromatic carbocycles. The molecule has 0 radical (unpaired) electrons. The molecular formula is C13H15N3O2S. The molecule has 5 nitrogen and oxygen atoms in total. The highest BCUT2D eigenvalue weighted by atomic mass is 32.1. The van der Waals surface area contributed by atoms with Crippen LogP contribution in [0.25, 0.3) is 10.6 Å². The Labute approximate surface area is 115 Å². The first-order valence-corrected chi connectivity index (χ1v) is 6.71. The van der Waals surface area contributed by atoms with Crippen molar-refractivity contribution in [2.45, 2.75) is 6.92 Å². The Bertz CT molecular complexity index is 554. The van der Waals surface area contributed by atoms with Crippen LogP contribution in [0, 0.1) is 6.92 Å². The Kier molecular flexibility index (Phi) is 4.48. The van der Waals surface area contributed by atoms with Crippen molar-refractivity contribution >= 4 is 22.4 Å². The number of carbonyl (C=O) groups is 1. The fraction of sp³-hybridized carbons (Fsp3) is 0.231. The maximum Gasteiger partial charge on any atom is 0.319 e. The van der Waals surface area contributed by atoms with Gasteiger partial charge in [0.25, 0.3) is 0 Å². The summed E-state index contributed by atoms with van der Waals surface area (Å²) in [6.07, 6.45) is 0. The van der Waals surface area contributed by atoms with Crippen LogP contribution >= 0.6 is 11.3 Å².